The Kier molecular flexibility index (Phi) is 4.45. The smallest absolute Gasteiger partial charge is 0.120 e. The fourth-order valence-electron chi connectivity index (χ4n) is 1.39. The number of halogens is 1. The second-order valence-electron chi connectivity index (χ2n) is 5.17. The summed E-state index contributed by atoms with van der Waals surface area (Å²) in [6, 6.07) is 3.79. The van der Waals surface area contributed by atoms with E-state index in [1.54, 1.807) is 6.92 Å². The standard InChI is InChI=1S/C14H21ClO2/c1-9(2)14(5,16)8-17-12-6-10(3)13(15)11(4)7-12/h6-7,9,16H,8H2,1-5H3. The third-order valence-electron chi connectivity index (χ3n) is 3.18. The van der Waals surface area contributed by atoms with E-state index in [-0.39, 0.29) is 12.5 Å². The van der Waals surface area contributed by atoms with Crippen LogP contribution in [0.3, 0.4) is 0 Å². The largest absolute Gasteiger partial charge is 0.491 e. The van der Waals surface area contributed by atoms with E-state index in [2.05, 4.69) is 0 Å². The van der Waals surface area contributed by atoms with Gasteiger partial charge in [-0.1, -0.05) is 25.4 Å². The summed E-state index contributed by atoms with van der Waals surface area (Å²) in [6.07, 6.45) is 0. The van der Waals surface area contributed by atoms with Gasteiger partial charge in [-0.15, -0.1) is 0 Å². The number of hydrogen-bond donors (Lipinski definition) is 1. The van der Waals surface area contributed by atoms with Gasteiger partial charge >= 0.3 is 0 Å². The van der Waals surface area contributed by atoms with Crippen molar-refractivity contribution in [3.8, 4) is 5.75 Å². The summed E-state index contributed by atoms with van der Waals surface area (Å²) >= 11 is 6.09. The van der Waals surface area contributed by atoms with E-state index in [0.717, 1.165) is 21.9 Å². The Morgan fingerprint density at radius 2 is 1.76 bits per heavy atom. The van der Waals surface area contributed by atoms with Crippen LogP contribution < -0.4 is 4.74 Å². The van der Waals surface area contributed by atoms with E-state index in [1.807, 2.05) is 39.8 Å². The van der Waals surface area contributed by atoms with Crippen LogP contribution in [0.1, 0.15) is 31.9 Å². The molecule has 0 bridgehead atoms. The van der Waals surface area contributed by atoms with Crippen LogP contribution in [-0.4, -0.2) is 17.3 Å². The fraction of sp³-hybridized carbons (Fsp3) is 0.571. The van der Waals surface area contributed by atoms with Crippen molar-refractivity contribution in [1.29, 1.82) is 0 Å². The molecule has 0 saturated heterocycles. The Bertz CT molecular complexity index is 374. The second-order valence-corrected chi connectivity index (χ2v) is 5.55. The highest BCUT2D eigenvalue weighted by Crippen LogP contribution is 2.27. The predicted octanol–water partition coefficient (Wildman–Crippen LogP) is 3.74. The van der Waals surface area contributed by atoms with Gasteiger partial charge < -0.3 is 9.84 Å². The maximum absolute atomic E-state index is 10.1. The van der Waals surface area contributed by atoms with E-state index < -0.39 is 5.60 Å². The molecular weight excluding hydrogens is 236 g/mol. The fourth-order valence-corrected chi connectivity index (χ4v) is 1.49. The van der Waals surface area contributed by atoms with Crippen molar-refractivity contribution >= 4 is 11.6 Å². The first-order valence-corrected chi connectivity index (χ1v) is 6.23. The minimum Gasteiger partial charge on any atom is -0.491 e. The molecule has 2 nitrogen and oxygen atoms in total. The van der Waals surface area contributed by atoms with Crippen molar-refractivity contribution < 1.29 is 9.84 Å². The van der Waals surface area contributed by atoms with Gasteiger partial charge in [0.1, 0.15) is 12.4 Å². The summed E-state index contributed by atoms with van der Waals surface area (Å²) in [7, 11) is 0. The minimum atomic E-state index is -0.818. The van der Waals surface area contributed by atoms with Gasteiger partial charge in [-0.25, -0.2) is 0 Å². The first-order chi connectivity index (χ1) is 7.74. The molecule has 1 N–H and O–H groups in total. The quantitative estimate of drug-likeness (QED) is 0.889. The second kappa shape index (κ2) is 5.28. The third-order valence-corrected chi connectivity index (χ3v) is 3.78. The van der Waals surface area contributed by atoms with E-state index in [9.17, 15) is 5.11 Å². The van der Waals surface area contributed by atoms with Crippen molar-refractivity contribution in [2.75, 3.05) is 6.61 Å². The number of aryl methyl sites for hydroxylation is 2. The lowest BCUT2D eigenvalue weighted by molar-refractivity contribution is -0.0266. The molecule has 1 aromatic rings. The van der Waals surface area contributed by atoms with Crippen LogP contribution in [0.25, 0.3) is 0 Å². The minimum absolute atomic E-state index is 0.150. The van der Waals surface area contributed by atoms with Crippen LogP contribution in [0.5, 0.6) is 5.75 Å². The maximum atomic E-state index is 10.1. The van der Waals surface area contributed by atoms with Crippen LogP contribution in [-0.2, 0) is 0 Å². The highest BCUT2D eigenvalue weighted by atomic mass is 35.5. The highest BCUT2D eigenvalue weighted by Gasteiger charge is 2.25. The molecule has 3 heteroatoms. The molecular formula is C14H21ClO2. The van der Waals surface area contributed by atoms with E-state index in [4.69, 9.17) is 16.3 Å². The summed E-state index contributed by atoms with van der Waals surface area (Å²) < 4.78 is 5.64. The van der Waals surface area contributed by atoms with Crippen molar-refractivity contribution in [1.82, 2.24) is 0 Å². The van der Waals surface area contributed by atoms with Crippen molar-refractivity contribution in [2.24, 2.45) is 5.92 Å². The van der Waals surface area contributed by atoms with Crippen molar-refractivity contribution in [3.05, 3.63) is 28.3 Å². The molecule has 96 valence electrons. The van der Waals surface area contributed by atoms with Gasteiger partial charge in [0.05, 0.1) is 5.60 Å². The van der Waals surface area contributed by atoms with E-state index in [0.29, 0.717) is 0 Å². The average molecular weight is 257 g/mol. The Morgan fingerprint density at radius 3 is 2.18 bits per heavy atom. The number of aliphatic hydroxyl groups is 1. The van der Waals surface area contributed by atoms with Crippen LogP contribution in [0, 0.1) is 19.8 Å². The van der Waals surface area contributed by atoms with Gasteiger partial charge in [-0.3, -0.25) is 0 Å². The lowest BCUT2D eigenvalue weighted by Gasteiger charge is -2.27. The molecule has 0 aliphatic carbocycles. The first-order valence-electron chi connectivity index (χ1n) is 5.86. The van der Waals surface area contributed by atoms with Crippen molar-refractivity contribution in [3.63, 3.8) is 0 Å². The average Bonchev–Trinajstić information content (AvgIpc) is 2.22. The number of hydrogen-bond acceptors (Lipinski definition) is 2. The molecule has 0 fully saturated rings. The summed E-state index contributed by atoms with van der Waals surface area (Å²) in [5.74, 6) is 0.905. The SMILES string of the molecule is Cc1cc(OCC(C)(O)C(C)C)cc(C)c1Cl. The highest BCUT2D eigenvalue weighted by molar-refractivity contribution is 6.32. The summed E-state index contributed by atoms with van der Waals surface area (Å²) in [5.41, 5.74) is 1.17. The Hall–Kier alpha value is -0.730. The monoisotopic (exact) mass is 256 g/mol. The van der Waals surface area contributed by atoms with Gasteiger partial charge in [-0.05, 0) is 49.9 Å². The van der Waals surface area contributed by atoms with Gasteiger partial charge in [0.25, 0.3) is 0 Å². The molecule has 17 heavy (non-hydrogen) atoms. The third kappa shape index (κ3) is 3.62. The molecule has 1 aromatic carbocycles. The van der Waals surface area contributed by atoms with Crippen LogP contribution >= 0.6 is 11.6 Å². The molecule has 0 aliphatic heterocycles. The molecule has 1 rings (SSSR count). The number of benzene rings is 1. The summed E-state index contributed by atoms with van der Waals surface area (Å²) in [6.45, 7) is 9.91. The molecule has 0 saturated carbocycles. The molecule has 0 spiro atoms. The summed E-state index contributed by atoms with van der Waals surface area (Å²) in [5, 5.41) is 10.9. The van der Waals surface area contributed by atoms with Crippen LogP contribution in [0.4, 0.5) is 0 Å². The van der Waals surface area contributed by atoms with E-state index in [1.165, 1.54) is 0 Å². The Balaban J connectivity index is 2.77. The molecule has 0 radical (unpaired) electrons. The van der Waals surface area contributed by atoms with E-state index >= 15 is 0 Å². The van der Waals surface area contributed by atoms with Gasteiger partial charge in [0.15, 0.2) is 0 Å². The van der Waals surface area contributed by atoms with Crippen LogP contribution in [0.15, 0.2) is 12.1 Å². The van der Waals surface area contributed by atoms with Crippen LogP contribution in [0.2, 0.25) is 5.02 Å². The normalized spacial score (nSPS) is 14.8. The molecule has 1 atom stereocenters. The number of ether oxygens (including phenoxy) is 1. The first kappa shape index (κ1) is 14.3. The molecule has 0 aromatic heterocycles. The van der Waals surface area contributed by atoms with Crippen molar-refractivity contribution in [2.45, 2.75) is 40.2 Å². The summed E-state index contributed by atoms with van der Waals surface area (Å²) in [4.78, 5) is 0. The Morgan fingerprint density at radius 1 is 1.29 bits per heavy atom. The zero-order valence-corrected chi connectivity index (χ0v) is 11.9. The van der Waals surface area contributed by atoms with Gasteiger partial charge in [0.2, 0.25) is 0 Å². The number of rotatable bonds is 4. The lowest BCUT2D eigenvalue weighted by atomic mass is 9.94. The Labute approximate surface area is 109 Å². The molecule has 0 heterocycles. The zero-order chi connectivity index (χ0) is 13.2. The molecule has 0 amide bonds. The molecule has 1 unspecified atom stereocenters. The maximum Gasteiger partial charge on any atom is 0.120 e. The lowest BCUT2D eigenvalue weighted by Crippen LogP contribution is -2.37. The van der Waals surface area contributed by atoms with Gasteiger partial charge in [0, 0.05) is 5.02 Å². The topological polar surface area (TPSA) is 29.5 Å². The van der Waals surface area contributed by atoms with Gasteiger partial charge in [-0.2, -0.15) is 0 Å². The zero-order valence-electron chi connectivity index (χ0n) is 11.2. The predicted molar refractivity (Wildman–Crippen MR) is 71.9 cm³/mol. The molecule has 0 aliphatic rings.